The van der Waals surface area contributed by atoms with Crippen molar-refractivity contribution >= 4 is 43.5 Å². The fourth-order valence-electron chi connectivity index (χ4n) is 2.00. The van der Waals surface area contributed by atoms with Gasteiger partial charge < -0.3 is 5.73 Å². The Labute approximate surface area is 130 Å². The molecule has 1 aromatic carbocycles. The summed E-state index contributed by atoms with van der Waals surface area (Å²) in [6.45, 7) is 2.42. The first-order valence-electron chi connectivity index (χ1n) is 5.99. The number of nitrogens with one attached hydrogen (secondary N) is 1. The second-order valence-corrected chi connectivity index (χ2v) is 7.88. The second kappa shape index (κ2) is 5.08. The Balaban J connectivity index is 2.59. The molecular weight excluding hydrogens is 362 g/mol. The molecular formula is C12H14BrN3O4S. The van der Waals surface area contributed by atoms with Gasteiger partial charge in [-0.25, -0.2) is 8.42 Å². The van der Waals surface area contributed by atoms with E-state index in [2.05, 4.69) is 21.2 Å². The Morgan fingerprint density at radius 3 is 2.57 bits per heavy atom. The number of piperazine rings is 1. The molecule has 0 unspecified atom stereocenters. The van der Waals surface area contributed by atoms with Crippen molar-refractivity contribution in [2.24, 2.45) is 0 Å². The average molecular weight is 376 g/mol. The molecule has 0 bridgehead atoms. The molecule has 2 amide bonds. The molecule has 1 aliphatic heterocycles. The highest BCUT2D eigenvalue weighted by molar-refractivity contribution is 9.10. The Morgan fingerprint density at radius 2 is 1.95 bits per heavy atom. The van der Waals surface area contributed by atoms with Crippen molar-refractivity contribution in [1.82, 2.24) is 9.62 Å². The van der Waals surface area contributed by atoms with E-state index in [4.69, 9.17) is 5.73 Å². The first-order chi connectivity index (χ1) is 9.56. The smallest absolute Gasteiger partial charge is 0.247 e. The van der Waals surface area contributed by atoms with Crippen LogP contribution >= 0.6 is 15.9 Å². The largest absolute Gasteiger partial charge is 0.398 e. The van der Waals surface area contributed by atoms with Gasteiger partial charge in [0.05, 0.1) is 12.2 Å². The molecule has 1 aromatic rings. The highest BCUT2D eigenvalue weighted by Crippen LogP contribution is 2.31. The van der Waals surface area contributed by atoms with Crippen molar-refractivity contribution in [3.63, 3.8) is 0 Å². The zero-order valence-corrected chi connectivity index (χ0v) is 13.8. The number of hydrogen-bond acceptors (Lipinski definition) is 5. The zero-order chi connectivity index (χ0) is 16.0. The number of sulfonamides is 1. The van der Waals surface area contributed by atoms with E-state index in [1.54, 1.807) is 6.07 Å². The van der Waals surface area contributed by atoms with E-state index in [1.165, 1.54) is 26.0 Å². The molecule has 9 heteroatoms. The van der Waals surface area contributed by atoms with Crippen LogP contribution in [0.5, 0.6) is 0 Å². The fraction of sp³-hybridized carbons (Fsp3) is 0.333. The van der Waals surface area contributed by atoms with E-state index < -0.39 is 33.9 Å². The van der Waals surface area contributed by atoms with Gasteiger partial charge in [-0.15, -0.1) is 0 Å². The van der Waals surface area contributed by atoms with Gasteiger partial charge in [-0.05, 0) is 32.0 Å². The zero-order valence-electron chi connectivity index (χ0n) is 11.4. The van der Waals surface area contributed by atoms with Crippen molar-refractivity contribution in [3.05, 3.63) is 22.7 Å². The summed E-state index contributed by atoms with van der Waals surface area (Å²) in [5, 5.41) is 2.12. The molecule has 0 atom stereocenters. The van der Waals surface area contributed by atoms with Crippen LogP contribution in [0.3, 0.4) is 0 Å². The lowest BCUT2D eigenvalue weighted by Crippen LogP contribution is -2.65. The monoisotopic (exact) mass is 375 g/mol. The molecule has 0 radical (unpaired) electrons. The normalized spacial score (nSPS) is 19.4. The maximum Gasteiger partial charge on any atom is 0.247 e. The van der Waals surface area contributed by atoms with Gasteiger partial charge in [0.1, 0.15) is 10.4 Å². The lowest BCUT2D eigenvalue weighted by molar-refractivity contribution is -0.141. The van der Waals surface area contributed by atoms with E-state index >= 15 is 0 Å². The average Bonchev–Trinajstić information content (AvgIpc) is 2.36. The van der Waals surface area contributed by atoms with Gasteiger partial charge in [0.15, 0.2) is 0 Å². The third kappa shape index (κ3) is 2.68. The van der Waals surface area contributed by atoms with Crippen LogP contribution < -0.4 is 11.1 Å². The Bertz CT molecular complexity index is 730. The Morgan fingerprint density at radius 1 is 1.33 bits per heavy atom. The Kier molecular flexibility index (Phi) is 3.85. The predicted molar refractivity (Wildman–Crippen MR) is 79.7 cm³/mol. The number of nitrogens with two attached hydrogens (primary N) is 1. The first-order valence-corrected chi connectivity index (χ1v) is 8.22. The Hall–Kier alpha value is -1.45. The molecule has 1 saturated heterocycles. The van der Waals surface area contributed by atoms with Crippen LogP contribution in [-0.2, 0) is 19.6 Å². The quantitative estimate of drug-likeness (QED) is 0.576. The minimum absolute atomic E-state index is 0.0485. The van der Waals surface area contributed by atoms with Crippen molar-refractivity contribution in [1.29, 1.82) is 0 Å². The summed E-state index contributed by atoms with van der Waals surface area (Å²) in [7, 11) is -4.09. The topological polar surface area (TPSA) is 110 Å². The summed E-state index contributed by atoms with van der Waals surface area (Å²) in [5.74, 6) is -1.34. The SMILES string of the molecule is CC1(C)C(=O)NC(=O)CN1S(=O)(=O)c1cc(Br)ccc1N. The molecule has 3 N–H and O–H groups in total. The van der Waals surface area contributed by atoms with Gasteiger partial charge in [-0.3, -0.25) is 14.9 Å². The van der Waals surface area contributed by atoms with Crippen LogP contribution in [0.1, 0.15) is 13.8 Å². The molecule has 7 nitrogen and oxygen atoms in total. The third-order valence-corrected chi connectivity index (χ3v) is 5.83. The standard InChI is InChI=1S/C12H14BrN3O4S/c1-12(2)11(18)15-10(17)6-16(12)21(19,20)9-5-7(13)3-4-8(9)14/h3-5H,6,14H2,1-2H3,(H,15,17,18). The van der Waals surface area contributed by atoms with E-state index in [9.17, 15) is 18.0 Å². The summed E-state index contributed by atoms with van der Waals surface area (Å²) in [5.41, 5.74) is 4.39. The number of nitrogens with zero attached hydrogens (tertiary/aromatic N) is 1. The van der Waals surface area contributed by atoms with Crippen molar-refractivity contribution in [2.75, 3.05) is 12.3 Å². The minimum Gasteiger partial charge on any atom is -0.398 e. The third-order valence-electron chi connectivity index (χ3n) is 3.26. The summed E-state index contributed by atoms with van der Waals surface area (Å²) in [6.07, 6.45) is 0. The summed E-state index contributed by atoms with van der Waals surface area (Å²) < 4.78 is 26.9. The maximum absolute atomic E-state index is 12.8. The number of carbonyl (C=O) groups excluding carboxylic acids is 2. The number of imide groups is 1. The van der Waals surface area contributed by atoms with E-state index in [0.29, 0.717) is 4.47 Å². The molecule has 21 heavy (non-hydrogen) atoms. The van der Waals surface area contributed by atoms with Gasteiger partial charge in [0.25, 0.3) is 0 Å². The van der Waals surface area contributed by atoms with Gasteiger partial charge >= 0.3 is 0 Å². The molecule has 0 spiro atoms. The number of amides is 2. The van der Waals surface area contributed by atoms with E-state index in [-0.39, 0.29) is 10.6 Å². The van der Waals surface area contributed by atoms with Crippen LogP contribution in [-0.4, -0.2) is 36.6 Å². The van der Waals surface area contributed by atoms with Crippen LogP contribution in [0, 0.1) is 0 Å². The number of carbonyl (C=O) groups is 2. The predicted octanol–water partition coefficient (Wildman–Crippen LogP) is 0.457. The van der Waals surface area contributed by atoms with Crippen LogP contribution in [0.4, 0.5) is 5.69 Å². The number of hydrogen-bond donors (Lipinski definition) is 2. The molecule has 1 aliphatic rings. The van der Waals surface area contributed by atoms with Crippen LogP contribution in [0.25, 0.3) is 0 Å². The molecule has 114 valence electrons. The van der Waals surface area contributed by atoms with Crippen molar-refractivity contribution in [3.8, 4) is 0 Å². The van der Waals surface area contributed by atoms with Gasteiger partial charge in [0.2, 0.25) is 21.8 Å². The minimum atomic E-state index is -4.09. The lowest BCUT2D eigenvalue weighted by atomic mass is 10.0. The second-order valence-electron chi connectivity index (χ2n) is 5.13. The van der Waals surface area contributed by atoms with Crippen molar-refractivity contribution in [2.45, 2.75) is 24.3 Å². The number of benzene rings is 1. The summed E-state index contributed by atoms with van der Waals surface area (Å²) in [4.78, 5) is 23.3. The van der Waals surface area contributed by atoms with Crippen LogP contribution in [0.15, 0.2) is 27.6 Å². The molecule has 0 saturated carbocycles. The number of halogens is 1. The molecule has 0 aromatic heterocycles. The number of rotatable bonds is 2. The highest BCUT2D eigenvalue weighted by Gasteiger charge is 2.48. The van der Waals surface area contributed by atoms with Gasteiger partial charge in [0, 0.05) is 4.47 Å². The number of nitrogen functional groups attached to an aromatic ring is 1. The highest BCUT2D eigenvalue weighted by atomic mass is 79.9. The van der Waals surface area contributed by atoms with Gasteiger partial charge in [-0.2, -0.15) is 4.31 Å². The number of anilines is 1. The van der Waals surface area contributed by atoms with E-state index in [1.807, 2.05) is 0 Å². The summed E-state index contributed by atoms with van der Waals surface area (Å²) >= 11 is 3.18. The first kappa shape index (κ1) is 15.9. The molecule has 1 heterocycles. The maximum atomic E-state index is 12.8. The fourth-order valence-corrected chi connectivity index (χ4v) is 4.36. The van der Waals surface area contributed by atoms with Crippen LogP contribution in [0.2, 0.25) is 0 Å². The molecule has 1 fully saturated rings. The van der Waals surface area contributed by atoms with Crippen molar-refractivity contribution < 1.29 is 18.0 Å². The molecule has 0 aliphatic carbocycles. The summed E-state index contributed by atoms with van der Waals surface area (Å²) in [6, 6.07) is 4.39. The van der Waals surface area contributed by atoms with Gasteiger partial charge in [-0.1, -0.05) is 15.9 Å². The molecule has 2 rings (SSSR count). The van der Waals surface area contributed by atoms with E-state index in [0.717, 1.165) is 4.31 Å². The lowest BCUT2D eigenvalue weighted by Gasteiger charge is -2.39.